The molecule has 20 heavy (non-hydrogen) atoms. The van der Waals surface area contributed by atoms with Crippen molar-refractivity contribution in [3.8, 4) is 0 Å². The molecule has 1 amide bonds. The number of hydrogen-bond acceptors (Lipinski definition) is 2. The molecule has 3 heteroatoms. The molecule has 3 rings (SSSR count). The van der Waals surface area contributed by atoms with E-state index < -0.39 is 0 Å². The number of hydrogen-bond donors (Lipinski definition) is 1. The maximum atomic E-state index is 11.9. The van der Waals surface area contributed by atoms with Gasteiger partial charge in [0.1, 0.15) is 0 Å². The third-order valence-electron chi connectivity index (χ3n) is 4.05. The summed E-state index contributed by atoms with van der Waals surface area (Å²) in [5.74, 6) is 0.676. The molecule has 3 nitrogen and oxygen atoms in total. The van der Waals surface area contributed by atoms with Gasteiger partial charge >= 0.3 is 0 Å². The number of fused-ring (bicyclic) bond motifs is 1. The normalized spacial score (nSPS) is 20.6. The van der Waals surface area contributed by atoms with Crippen molar-refractivity contribution in [3.05, 3.63) is 48.0 Å². The standard InChI is InChI=1S/C17H20N2O/c1-12-9-17(20)19(10-12)11-16(18)15-8-4-6-13-5-2-3-7-14(13)15/h2-8,12,16H,9-11,18H2,1H3. The Balaban J connectivity index is 1.86. The van der Waals surface area contributed by atoms with Gasteiger partial charge in [-0.2, -0.15) is 0 Å². The lowest BCUT2D eigenvalue weighted by Crippen LogP contribution is -2.33. The van der Waals surface area contributed by atoms with Crippen molar-refractivity contribution in [1.82, 2.24) is 4.90 Å². The zero-order chi connectivity index (χ0) is 14.1. The predicted octanol–water partition coefficient (Wildman–Crippen LogP) is 2.71. The van der Waals surface area contributed by atoms with E-state index in [1.807, 2.05) is 23.1 Å². The number of amides is 1. The lowest BCUT2D eigenvalue weighted by Gasteiger charge is -2.22. The van der Waals surface area contributed by atoms with Crippen molar-refractivity contribution >= 4 is 16.7 Å². The van der Waals surface area contributed by atoms with E-state index in [2.05, 4.69) is 31.2 Å². The first-order chi connectivity index (χ1) is 9.65. The Labute approximate surface area is 119 Å². The first kappa shape index (κ1) is 13.1. The summed E-state index contributed by atoms with van der Waals surface area (Å²) in [4.78, 5) is 13.8. The molecule has 2 aromatic rings. The minimum Gasteiger partial charge on any atom is -0.341 e. The molecule has 1 aliphatic rings. The van der Waals surface area contributed by atoms with E-state index in [9.17, 15) is 4.79 Å². The van der Waals surface area contributed by atoms with Crippen LogP contribution in [0.2, 0.25) is 0 Å². The van der Waals surface area contributed by atoms with Gasteiger partial charge in [-0.15, -0.1) is 0 Å². The molecule has 0 radical (unpaired) electrons. The van der Waals surface area contributed by atoms with Crippen LogP contribution < -0.4 is 5.73 Å². The second-order valence-corrected chi connectivity index (χ2v) is 5.78. The quantitative estimate of drug-likeness (QED) is 0.930. The van der Waals surface area contributed by atoms with Gasteiger partial charge in [-0.3, -0.25) is 4.79 Å². The summed E-state index contributed by atoms with van der Waals surface area (Å²) in [5, 5.41) is 2.38. The molecule has 1 fully saturated rings. The highest BCUT2D eigenvalue weighted by atomic mass is 16.2. The van der Waals surface area contributed by atoms with E-state index in [1.165, 1.54) is 10.8 Å². The number of rotatable bonds is 3. The van der Waals surface area contributed by atoms with Gasteiger partial charge in [-0.05, 0) is 22.3 Å². The highest BCUT2D eigenvalue weighted by Gasteiger charge is 2.28. The molecule has 0 bridgehead atoms. The molecule has 2 atom stereocenters. The van der Waals surface area contributed by atoms with Crippen molar-refractivity contribution in [3.63, 3.8) is 0 Å². The van der Waals surface area contributed by atoms with Crippen LogP contribution >= 0.6 is 0 Å². The third kappa shape index (κ3) is 2.41. The molecule has 104 valence electrons. The molecule has 2 unspecified atom stereocenters. The van der Waals surface area contributed by atoms with Crippen LogP contribution in [0.25, 0.3) is 10.8 Å². The molecule has 0 aromatic heterocycles. The zero-order valence-corrected chi connectivity index (χ0v) is 11.8. The Hall–Kier alpha value is -1.87. The number of nitrogens with two attached hydrogens (primary N) is 1. The Bertz CT molecular complexity index is 632. The van der Waals surface area contributed by atoms with Gasteiger partial charge in [-0.25, -0.2) is 0 Å². The molecule has 1 saturated heterocycles. The van der Waals surface area contributed by atoms with Crippen LogP contribution in [-0.4, -0.2) is 23.9 Å². The van der Waals surface area contributed by atoms with Crippen LogP contribution in [0.5, 0.6) is 0 Å². The minimum atomic E-state index is -0.129. The summed E-state index contributed by atoms with van der Waals surface area (Å²) in [7, 11) is 0. The monoisotopic (exact) mass is 268 g/mol. The lowest BCUT2D eigenvalue weighted by molar-refractivity contribution is -0.127. The second-order valence-electron chi connectivity index (χ2n) is 5.78. The van der Waals surface area contributed by atoms with Crippen molar-refractivity contribution in [1.29, 1.82) is 0 Å². The number of benzene rings is 2. The molecule has 0 saturated carbocycles. The Morgan fingerprint density at radius 3 is 2.75 bits per heavy atom. The van der Waals surface area contributed by atoms with E-state index in [-0.39, 0.29) is 11.9 Å². The maximum absolute atomic E-state index is 11.9. The van der Waals surface area contributed by atoms with Gasteiger partial charge in [0.05, 0.1) is 0 Å². The fraction of sp³-hybridized carbons (Fsp3) is 0.353. The molecular weight excluding hydrogens is 248 g/mol. The van der Waals surface area contributed by atoms with Crippen LogP contribution in [0.15, 0.2) is 42.5 Å². The number of carbonyl (C=O) groups is 1. The van der Waals surface area contributed by atoms with Gasteiger partial charge in [-0.1, -0.05) is 49.4 Å². The summed E-state index contributed by atoms with van der Waals surface area (Å²) in [6.07, 6.45) is 0.655. The van der Waals surface area contributed by atoms with Crippen molar-refractivity contribution in [2.45, 2.75) is 19.4 Å². The van der Waals surface area contributed by atoms with Crippen LogP contribution in [0.3, 0.4) is 0 Å². The smallest absolute Gasteiger partial charge is 0.222 e. The second kappa shape index (κ2) is 5.25. The van der Waals surface area contributed by atoms with Crippen LogP contribution in [0.4, 0.5) is 0 Å². The maximum Gasteiger partial charge on any atom is 0.222 e. The summed E-state index contributed by atoms with van der Waals surface area (Å²) in [5.41, 5.74) is 7.48. The fourth-order valence-corrected chi connectivity index (χ4v) is 3.06. The SMILES string of the molecule is CC1CC(=O)N(CC(N)c2cccc3ccccc23)C1. The van der Waals surface area contributed by atoms with Crippen LogP contribution in [0, 0.1) is 5.92 Å². The van der Waals surface area contributed by atoms with E-state index in [0.717, 1.165) is 12.1 Å². The first-order valence-corrected chi connectivity index (χ1v) is 7.16. The van der Waals surface area contributed by atoms with Gasteiger partial charge in [0.15, 0.2) is 0 Å². The molecule has 0 spiro atoms. The van der Waals surface area contributed by atoms with E-state index in [1.54, 1.807) is 0 Å². The molecular formula is C17H20N2O. The average Bonchev–Trinajstić information content (AvgIpc) is 2.76. The minimum absolute atomic E-state index is 0.129. The summed E-state index contributed by atoms with van der Waals surface area (Å²) in [6, 6.07) is 14.3. The Morgan fingerprint density at radius 1 is 1.25 bits per heavy atom. The van der Waals surface area contributed by atoms with Crippen molar-refractivity contribution < 1.29 is 4.79 Å². The summed E-state index contributed by atoms with van der Waals surface area (Å²) >= 11 is 0. The van der Waals surface area contributed by atoms with Gasteiger partial charge in [0, 0.05) is 25.6 Å². The van der Waals surface area contributed by atoms with E-state index >= 15 is 0 Å². The van der Waals surface area contributed by atoms with Crippen molar-refractivity contribution in [2.24, 2.45) is 11.7 Å². The molecule has 1 heterocycles. The highest BCUT2D eigenvalue weighted by molar-refractivity contribution is 5.86. The molecule has 2 N–H and O–H groups in total. The van der Waals surface area contributed by atoms with E-state index in [0.29, 0.717) is 18.9 Å². The largest absolute Gasteiger partial charge is 0.341 e. The van der Waals surface area contributed by atoms with Crippen LogP contribution in [0.1, 0.15) is 24.9 Å². The summed E-state index contributed by atoms with van der Waals surface area (Å²) in [6.45, 7) is 3.55. The van der Waals surface area contributed by atoms with Gasteiger partial charge in [0.2, 0.25) is 5.91 Å². The number of carbonyl (C=O) groups excluding carboxylic acids is 1. The average molecular weight is 268 g/mol. The Morgan fingerprint density at radius 2 is 2.00 bits per heavy atom. The van der Waals surface area contributed by atoms with Crippen molar-refractivity contribution in [2.75, 3.05) is 13.1 Å². The van der Waals surface area contributed by atoms with Crippen LogP contribution in [-0.2, 0) is 4.79 Å². The lowest BCUT2D eigenvalue weighted by atomic mass is 9.99. The first-order valence-electron chi connectivity index (χ1n) is 7.16. The third-order valence-corrected chi connectivity index (χ3v) is 4.05. The fourth-order valence-electron chi connectivity index (χ4n) is 3.06. The van der Waals surface area contributed by atoms with Gasteiger partial charge < -0.3 is 10.6 Å². The Kier molecular flexibility index (Phi) is 3.45. The number of likely N-dealkylation sites (tertiary alicyclic amines) is 1. The van der Waals surface area contributed by atoms with E-state index in [4.69, 9.17) is 5.73 Å². The molecule has 1 aliphatic heterocycles. The topological polar surface area (TPSA) is 46.3 Å². The van der Waals surface area contributed by atoms with Gasteiger partial charge in [0.25, 0.3) is 0 Å². The number of nitrogens with zero attached hydrogens (tertiary/aromatic N) is 1. The zero-order valence-electron chi connectivity index (χ0n) is 11.8. The predicted molar refractivity (Wildman–Crippen MR) is 81.2 cm³/mol. The highest BCUT2D eigenvalue weighted by Crippen LogP contribution is 2.25. The molecule has 0 aliphatic carbocycles. The molecule has 2 aromatic carbocycles. The summed E-state index contributed by atoms with van der Waals surface area (Å²) < 4.78 is 0.